The summed E-state index contributed by atoms with van der Waals surface area (Å²) >= 11 is 5.96. The van der Waals surface area contributed by atoms with Gasteiger partial charge < -0.3 is 15.4 Å². The van der Waals surface area contributed by atoms with Crippen molar-refractivity contribution >= 4 is 23.2 Å². The third kappa shape index (κ3) is 5.07. The van der Waals surface area contributed by atoms with Crippen LogP contribution in [0.15, 0.2) is 47.6 Å². The standard InChI is InChI=1S/C18H19ClF2N6O/c1-22-18(23-8-7-16-26-25-15-4-2-3-9-27(15)16)24-11-12-10-13(19)5-6-14(12)28-17(20)21/h2-6,9-10,17H,7-8,11H2,1H3,(H2,22,23,24). The maximum absolute atomic E-state index is 12.6. The number of benzene rings is 1. The maximum Gasteiger partial charge on any atom is 0.387 e. The summed E-state index contributed by atoms with van der Waals surface area (Å²) in [5.41, 5.74) is 1.28. The van der Waals surface area contributed by atoms with E-state index in [1.54, 1.807) is 13.1 Å². The lowest BCUT2D eigenvalue weighted by atomic mass is 10.2. The van der Waals surface area contributed by atoms with Crippen LogP contribution in [0.3, 0.4) is 0 Å². The molecule has 148 valence electrons. The van der Waals surface area contributed by atoms with Gasteiger partial charge in [0.15, 0.2) is 11.6 Å². The van der Waals surface area contributed by atoms with Gasteiger partial charge in [-0.25, -0.2) is 0 Å². The molecule has 0 aliphatic carbocycles. The first-order valence-electron chi connectivity index (χ1n) is 8.53. The zero-order chi connectivity index (χ0) is 19.9. The second-order valence-electron chi connectivity index (χ2n) is 5.78. The van der Waals surface area contributed by atoms with Crippen LogP contribution in [0.4, 0.5) is 8.78 Å². The Morgan fingerprint density at radius 3 is 2.89 bits per heavy atom. The second kappa shape index (κ2) is 9.32. The first-order valence-corrected chi connectivity index (χ1v) is 8.91. The molecular formula is C18H19ClF2N6O. The Bertz CT molecular complexity index is 962. The molecule has 10 heteroatoms. The van der Waals surface area contributed by atoms with Crippen molar-refractivity contribution < 1.29 is 13.5 Å². The molecule has 0 bridgehead atoms. The summed E-state index contributed by atoms with van der Waals surface area (Å²) in [5, 5.41) is 14.9. The Balaban J connectivity index is 1.56. The lowest BCUT2D eigenvalue weighted by molar-refractivity contribution is -0.0504. The molecule has 0 aliphatic rings. The second-order valence-corrected chi connectivity index (χ2v) is 6.21. The molecule has 3 aromatic rings. The van der Waals surface area contributed by atoms with Crippen molar-refractivity contribution in [3.8, 4) is 5.75 Å². The fourth-order valence-electron chi connectivity index (χ4n) is 2.65. The molecule has 0 fully saturated rings. The summed E-state index contributed by atoms with van der Waals surface area (Å²) in [7, 11) is 1.62. The number of halogens is 3. The Morgan fingerprint density at radius 2 is 2.11 bits per heavy atom. The van der Waals surface area contributed by atoms with Gasteiger partial charge in [-0.1, -0.05) is 17.7 Å². The van der Waals surface area contributed by atoms with Gasteiger partial charge in [-0.3, -0.25) is 9.39 Å². The number of hydrogen-bond acceptors (Lipinski definition) is 4. The number of hydrogen-bond donors (Lipinski definition) is 2. The zero-order valence-corrected chi connectivity index (χ0v) is 15.8. The van der Waals surface area contributed by atoms with Gasteiger partial charge in [0, 0.05) is 43.3 Å². The van der Waals surface area contributed by atoms with Crippen molar-refractivity contribution in [2.75, 3.05) is 13.6 Å². The number of fused-ring (bicyclic) bond motifs is 1. The molecule has 0 amide bonds. The summed E-state index contributed by atoms with van der Waals surface area (Å²) in [6, 6.07) is 10.2. The lowest BCUT2D eigenvalue weighted by Gasteiger charge is -2.14. The molecule has 1 aromatic carbocycles. The van der Waals surface area contributed by atoms with Crippen LogP contribution < -0.4 is 15.4 Å². The van der Waals surface area contributed by atoms with Crippen molar-refractivity contribution in [1.82, 2.24) is 25.2 Å². The summed E-state index contributed by atoms with van der Waals surface area (Å²) in [5.74, 6) is 1.40. The van der Waals surface area contributed by atoms with Crippen LogP contribution in [0.25, 0.3) is 5.65 Å². The van der Waals surface area contributed by atoms with E-state index in [9.17, 15) is 8.78 Å². The van der Waals surface area contributed by atoms with Crippen LogP contribution in [-0.2, 0) is 13.0 Å². The number of pyridine rings is 1. The minimum absolute atomic E-state index is 0.0669. The first-order chi connectivity index (χ1) is 13.6. The highest BCUT2D eigenvalue weighted by Gasteiger charge is 2.11. The molecule has 0 saturated heterocycles. The molecule has 0 saturated carbocycles. The molecular weight excluding hydrogens is 390 g/mol. The van der Waals surface area contributed by atoms with Gasteiger partial charge in [0.05, 0.1) is 0 Å². The van der Waals surface area contributed by atoms with Gasteiger partial charge in [-0.05, 0) is 30.3 Å². The van der Waals surface area contributed by atoms with Crippen molar-refractivity contribution in [3.05, 3.63) is 59.0 Å². The van der Waals surface area contributed by atoms with E-state index in [2.05, 4.69) is 30.6 Å². The highest BCUT2D eigenvalue weighted by atomic mass is 35.5. The largest absolute Gasteiger partial charge is 0.434 e. The molecule has 2 aromatic heterocycles. The van der Waals surface area contributed by atoms with Crippen LogP contribution >= 0.6 is 11.6 Å². The van der Waals surface area contributed by atoms with E-state index in [-0.39, 0.29) is 12.3 Å². The minimum atomic E-state index is -2.91. The fraction of sp³-hybridized carbons (Fsp3) is 0.278. The third-order valence-electron chi connectivity index (χ3n) is 3.93. The minimum Gasteiger partial charge on any atom is -0.434 e. The number of nitrogens with one attached hydrogen (secondary N) is 2. The average Bonchev–Trinajstić information content (AvgIpc) is 3.09. The van der Waals surface area contributed by atoms with E-state index in [1.165, 1.54) is 12.1 Å². The summed E-state index contributed by atoms with van der Waals surface area (Å²) in [6.45, 7) is -2.13. The predicted octanol–water partition coefficient (Wildman–Crippen LogP) is 2.89. The Morgan fingerprint density at radius 1 is 1.25 bits per heavy atom. The molecule has 7 nitrogen and oxygen atoms in total. The number of aliphatic imine (C=N–C) groups is 1. The van der Waals surface area contributed by atoms with Crippen LogP contribution in [0.5, 0.6) is 5.75 Å². The van der Waals surface area contributed by atoms with Crippen molar-refractivity contribution in [2.24, 2.45) is 4.99 Å². The number of aromatic nitrogens is 3. The smallest absolute Gasteiger partial charge is 0.387 e. The monoisotopic (exact) mass is 408 g/mol. The Labute approximate surface area is 165 Å². The zero-order valence-electron chi connectivity index (χ0n) is 15.1. The lowest BCUT2D eigenvalue weighted by Crippen LogP contribution is -2.38. The van der Waals surface area contributed by atoms with E-state index in [0.29, 0.717) is 29.5 Å². The van der Waals surface area contributed by atoms with Gasteiger partial charge in [0.1, 0.15) is 11.6 Å². The van der Waals surface area contributed by atoms with Gasteiger partial charge in [-0.2, -0.15) is 8.78 Å². The molecule has 2 heterocycles. The molecule has 2 N–H and O–H groups in total. The SMILES string of the molecule is CN=C(NCCc1nnc2ccccn12)NCc1cc(Cl)ccc1OC(F)F. The molecule has 0 unspecified atom stereocenters. The van der Waals surface area contributed by atoms with E-state index in [4.69, 9.17) is 11.6 Å². The van der Waals surface area contributed by atoms with E-state index < -0.39 is 6.61 Å². The van der Waals surface area contributed by atoms with E-state index >= 15 is 0 Å². The van der Waals surface area contributed by atoms with Gasteiger partial charge in [0.2, 0.25) is 0 Å². The number of alkyl halides is 2. The molecule has 0 radical (unpaired) electrons. The number of ether oxygens (including phenoxy) is 1. The van der Waals surface area contributed by atoms with Crippen molar-refractivity contribution in [3.63, 3.8) is 0 Å². The van der Waals surface area contributed by atoms with Crippen LogP contribution in [0.1, 0.15) is 11.4 Å². The molecule has 0 aliphatic heterocycles. The molecule has 0 atom stereocenters. The van der Waals surface area contributed by atoms with Crippen molar-refractivity contribution in [1.29, 1.82) is 0 Å². The fourth-order valence-corrected chi connectivity index (χ4v) is 2.85. The Kier molecular flexibility index (Phi) is 6.59. The van der Waals surface area contributed by atoms with Gasteiger partial charge in [0.25, 0.3) is 0 Å². The van der Waals surface area contributed by atoms with Crippen LogP contribution in [-0.4, -0.2) is 40.8 Å². The molecule has 3 rings (SSSR count). The van der Waals surface area contributed by atoms with Crippen LogP contribution in [0.2, 0.25) is 5.02 Å². The highest BCUT2D eigenvalue weighted by Crippen LogP contribution is 2.24. The third-order valence-corrected chi connectivity index (χ3v) is 4.17. The van der Waals surface area contributed by atoms with Gasteiger partial charge in [-0.15, -0.1) is 10.2 Å². The summed E-state index contributed by atoms with van der Waals surface area (Å²) < 4.78 is 31.5. The average molecular weight is 409 g/mol. The first kappa shape index (κ1) is 19.8. The van der Waals surface area contributed by atoms with E-state index in [1.807, 2.05) is 28.8 Å². The molecule has 0 spiro atoms. The number of rotatable bonds is 7. The normalized spacial score (nSPS) is 11.8. The number of nitrogens with zero attached hydrogens (tertiary/aromatic N) is 4. The molecule has 28 heavy (non-hydrogen) atoms. The quantitative estimate of drug-likeness (QED) is 0.464. The predicted molar refractivity (Wildman–Crippen MR) is 103 cm³/mol. The Hall–Kier alpha value is -2.94. The maximum atomic E-state index is 12.6. The number of guanidine groups is 1. The van der Waals surface area contributed by atoms with Crippen molar-refractivity contribution in [2.45, 2.75) is 19.6 Å². The summed E-state index contributed by atoms with van der Waals surface area (Å²) in [4.78, 5) is 4.13. The van der Waals surface area contributed by atoms with E-state index in [0.717, 1.165) is 11.5 Å². The summed E-state index contributed by atoms with van der Waals surface area (Å²) in [6.07, 6.45) is 2.53. The van der Waals surface area contributed by atoms with Crippen LogP contribution in [0, 0.1) is 0 Å². The topological polar surface area (TPSA) is 75.8 Å². The van der Waals surface area contributed by atoms with Gasteiger partial charge >= 0.3 is 6.61 Å². The highest BCUT2D eigenvalue weighted by molar-refractivity contribution is 6.30.